The summed E-state index contributed by atoms with van der Waals surface area (Å²) in [5.74, 6) is 0.623. The monoisotopic (exact) mass is 317 g/mol. The van der Waals surface area contributed by atoms with Crippen molar-refractivity contribution in [2.75, 3.05) is 0 Å². The van der Waals surface area contributed by atoms with E-state index in [2.05, 4.69) is 15.3 Å². The molecule has 0 spiro atoms. The number of hydrogen-bond donors (Lipinski definition) is 2. The standard InChI is InChI=1S/C5H6N4.Pt/c1-7-5-4(2-6)8-3-9-5;/h1-3H,6H2,(H,8,9);. The predicted octanol–water partition coefficient (Wildman–Crippen LogP) is -0.877. The summed E-state index contributed by atoms with van der Waals surface area (Å²) < 4.78 is 1.64. The second-order valence-corrected chi connectivity index (χ2v) is 2.10. The first-order chi connectivity index (χ1) is 4.88. The minimum absolute atomic E-state index is 0.623. The van der Waals surface area contributed by atoms with Crippen LogP contribution in [0.1, 0.15) is 0 Å². The van der Waals surface area contributed by atoms with E-state index in [1.165, 1.54) is 6.20 Å². The molecule has 1 heterocycles. The summed E-state index contributed by atoms with van der Waals surface area (Å²) in [6, 6.07) is 0. The first kappa shape index (κ1) is 7.35. The molecule has 1 aliphatic heterocycles. The number of aliphatic imine (C=N–C) groups is 2. The van der Waals surface area contributed by atoms with Gasteiger partial charge >= 0.3 is 69.0 Å². The van der Waals surface area contributed by atoms with Crippen LogP contribution in [0.25, 0.3) is 0 Å². The molecule has 1 rings (SSSR count). The van der Waals surface area contributed by atoms with Crippen LogP contribution in [0.15, 0.2) is 21.9 Å². The Morgan fingerprint density at radius 3 is 3.20 bits per heavy atom. The number of nitrogens with zero attached hydrogens (tertiary/aromatic N) is 2. The molecule has 0 aromatic carbocycles. The summed E-state index contributed by atoms with van der Waals surface area (Å²) in [6.07, 6.45) is 2.99. The van der Waals surface area contributed by atoms with E-state index in [9.17, 15) is 0 Å². The van der Waals surface area contributed by atoms with Crippen molar-refractivity contribution in [3.05, 3.63) is 11.9 Å². The van der Waals surface area contributed by atoms with E-state index in [1.807, 2.05) is 19.4 Å². The number of nitrogens with one attached hydrogen (secondary N) is 1. The van der Waals surface area contributed by atoms with Crippen molar-refractivity contribution in [2.24, 2.45) is 15.7 Å². The van der Waals surface area contributed by atoms with Crippen LogP contribution in [0.4, 0.5) is 0 Å². The first-order valence-corrected chi connectivity index (χ1v) is 3.87. The van der Waals surface area contributed by atoms with Crippen molar-refractivity contribution in [3.8, 4) is 0 Å². The van der Waals surface area contributed by atoms with Crippen LogP contribution >= 0.6 is 0 Å². The van der Waals surface area contributed by atoms with E-state index >= 15 is 0 Å². The SMILES string of the molecule is NC=C1NC=NC1=N[CH]=[Pt]. The predicted molar refractivity (Wildman–Crippen MR) is 37.4 cm³/mol. The van der Waals surface area contributed by atoms with Crippen molar-refractivity contribution in [2.45, 2.75) is 0 Å². The van der Waals surface area contributed by atoms with E-state index in [1.54, 1.807) is 10.9 Å². The molecular formula is C5H6N4Pt. The molecule has 0 saturated carbocycles. The zero-order chi connectivity index (χ0) is 7.40. The molecule has 0 aromatic heterocycles. The Bertz CT molecular complexity index is 228. The Hall–Kier alpha value is -0.762. The van der Waals surface area contributed by atoms with Gasteiger partial charge in [-0.05, 0) is 0 Å². The third kappa shape index (κ3) is 1.39. The summed E-state index contributed by atoms with van der Waals surface area (Å²) in [5, 5.41) is 2.83. The molecule has 3 N–H and O–H groups in total. The van der Waals surface area contributed by atoms with E-state index in [-0.39, 0.29) is 0 Å². The van der Waals surface area contributed by atoms with Crippen LogP contribution in [-0.2, 0) is 19.4 Å². The molecule has 56 valence electrons. The molecule has 0 aliphatic carbocycles. The van der Waals surface area contributed by atoms with Crippen LogP contribution in [-0.4, -0.2) is 16.7 Å². The van der Waals surface area contributed by atoms with E-state index < -0.39 is 0 Å². The van der Waals surface area contributed by atoms with Crippen LogP contribution in [0, 0.1) is 0 Å². The number of hydrogen-bond acceptors (Lipinski definition) is 3. The summed E-state index contributed by atoms with van der Waals surface area (Å²) in [5.41, 5.74) is 6.00. The van der Waals surface area contributed by atoms with Crippen molar-refractivity contribution < 1.29 is 19.4 Å². The third-order valence-electron chi connectivity index (χ3n) is 0.978. The van der Waals surface area contributed by atoms with E-state index in [0.717, 1.165) is 5.70 Å². The third-order valence-corrected chi connectivity index (χ3v) is 1.27. The second kappa shape index (κ2) is 3.42. The molecule has 1 aliphatic rings. The summed E-state index contributed by atoms with van der Waals surface area (Å²) in [7, 11) is 0. The molecule has 0 atom stereocenters. The molecule has 10 heavy (non-hydrogen) atoms. The van der Waals surface area contributed by atoms with Crippen molar-refractivity contribution in [3.63, 3.8) is 0 Å². The molecule has 0 saturated heterocycles. The fourth-order valence-electron chi connectivity index (χ4n) is 0.561. The Balaban J connectivity index is 2.86. The zero-order valence-corrected chi connectivity index (χ0v) is 7.29. The Labute approximate surface area is 69.3 Å². The van der Waals surface area contributed by atoms with Gasteiger partial charge in [0.1, 0.15) is 0 Å². The van der Waals surface area contributed by atoms with Gasteiger partial charge in [0, 0.05) is 0 Å². The van der Waals surface area contributed by atoms with Gasteiger partial charge in [0.2, 0.25) is 0 Å². The van der Waals surface area contributed by atoms with Gasteiger partial charge in [-0.15, -0.1) is 0 Å². The van der Waals surface area contributed by atoms with Gasteiger partial charge < -0.3 is 0 Å². The average Bonchev–Trinajstić information content (AvgIpc) is 2.36. The van der Waals surface area contributed by atoms with Crippen LogP contribution < -0.4 is 11.1 Å². The molecule has 0 radical (unpaired) electrons. The van der Waals surface area contributed by atoms with Crippen LogP contribution in [0.5, 0.6) is 0 Å². The van der Waals surface area contributed by atoms with Gasteiger partial charge in [0.15, 0.2) is 0 Å². The van der Waals surface area contributed by atoms with E-state index in [4.69, 9.17) is 5.73 Å². The van der Waals surface area contributed by atoms with Crippen LogP contribution in [0.3, 0.4) is 0 Å². The van der Waals surface area contributed by atoms with Gasteiger partial charge in [0.05, 0.1) is 0 Å². The van der Waals surface area contributed by atoms with Gasteiger partial charge in [-0.25, -0.2) is 0 Å². The molecule has 0 fully saturated rings. The molecule has 0 unspecified atom stereocenters. The number of nitrogens with two attached hydrogens (primary N) is 1. The van der Waals surface area contributed by atoms with Gasteiger partial charge in [0.25, 0.3) is 0 Å². The van der Waals surface area contributed by atoms with E-state index in [0.29, 0.717) is 5.84 Å². The van der Waals surface area contributed by atoms with Crippen molar-refractivity contribution in [1.29, 1.82) is 0 Å². The molecule has 0 aromatic rings. The van der Waals surface area contributed by atoms with Crippen LogP contribution in [0.2, 0.25) is 0 Å². The molecule has 5 heteroatoms. The topological polar surface area (TPSA) is 62.8 Å². The maximum atomic E-state index is 5.25. The molecule has 0 bridgehead atoms. The first-order valence-electron chi connectivity index (χ1n) is 2.56. The molecule has 0 amide bonds. The fourth-order valence-corrected chi connectivity index (χ4v) is 0.839. The maximum absolute atomic E-state index is 5.25. The number of rotatable bonds is 1. The van der Waals surface area contributed by atoms with Crippen molar-refractivity contribution >= 4 is 16.7 Å². The zero-order valence-electron chi connectivity index (χ0n) is 5.02. The van der Waals surface area contributed by atoms with Gasteiger partial charge in [-0.1, -0.05) is 0 Å². The molecule has 4 nitrogen and oxygen atoms in total. The van der Waals surface area contributed by atoms with Gasteiger partial charge in [-0.3, -0.25) is 0 Å². The number of amidine groups is 1. The Kier molecular flexibility index (Phi) is 2.51. The van der Waals surface area contributed by atoms with Crippen molar-refractivity contribution in [1.82, 2.24) is 5.32 Å². The Morgan fingerprint density at radius 1 is 1.80 bits per heavy atom. The van der Waals surface area contributed by atoms with Gasteiger partial charge in [-0.2, -0.15) is 0 Å². The Morgan fingerprint density at radius 2 is 2.60 bits per heavy atom. The molecular weight excluding hydrogens is 311 g/mol. The fraction of sp³-hybridized carbons (Fsp3) is 0. The average molecular weight is 317 g/mol. The summed E-state index contributed by atoms with van der Waals surface area (Å²) >= 11 is 2.01. The normalized spacial score (nSPS) is 23.8. The second-order valence-electron chi connectivity index (χ2n) is 1.52. The quantitative estimate of drug-likeness (QED) is 0.660. The summed E-state index contributed by atoms with van der Waals surface area (Å²) in [6.45, 7) is 0. The minimum atomic E-state index is 0.623. The summed E-state index contributed by atoms with van der Waals surface area (Å²) in [4.78, 5) is 7.85.